The van der Waals surface area contributed by atoms with Gasteiger partial charge in [0.05, 0.1) is 0 Å². The number of aryl methyl sites for hydroxylation is 1. The van der Waals surface area contributed by atoms with Crippen LogP contribution in [0, 0.1) is 0 Å². The van der Waals surface area contributed by atoms with Crippen LogP contribution in [0.2, 0.25) is 0 Å². The Morgan fingerprint density at radius 3 is 3.00 bits per heavy atom. The van der Waals surface area contributed by atoms with Gasteiger partial charge in [-0.2, -0.15) is 0 Å². The smallest absolute Gasteiger partial charge is 0.228 e. The van der Waals surface area contributed by atoms with E-state index in [1.54, 1.807) is 18.2 Å². The van der Waals surface area contributed by atoms with Gasteiger partial charge < -0.3 is 4.74 Å². The number of halogens is 1. The van der Waals surface area contributed by atoms with Crippen molar-refractivity contribution < 1.29 is 13.9 Å². The van der Waals surface area contributed by atoms with Gasteiger partial charge in [-0.25, -0.2) is 4.39 Å². The summed E-state index contributed by atoms with van der Waals surface area (Å²) in [5.41, 5.74) is 1.72. The summed E-state index contributed by atoms with van der Waals surface area (Å²) in [7, 11) is 0. The van der Waals surface area contributed by atoms with Crippen molar-refractivity contribution >= 4 is 5.78 Å². The molecule has 0 amide bonds. The van der Waals surface area contributed by atoms with Gasteiger partial charge in [-0.3, -0.25) is 4.79 Å². The van der Waals surface area contributed by atoms with Crippen LogP contribution in [0.15, 0.2) is 18.2 Å². The lowest BCUT2D eigenvalue weighted by Crippen LogP contribution is -1.93. The summed E-state index contributed by atoms with van der Waals surface area (Å²) in [5.74, 6) is 0.665. The number of hydrogen-bond acceptors (Lipinski definition) is 2. The van der Waals surface area contributed by atoms with E-state index in [-0.39, 0.29) is 5.78 Å². The van der Waals surface area contributed by atoms with Crippen molar-refractivity contribution in [1.82, 2.24) is 0 Å². The average molecular weight is 180 g/mol. The molecule has 0 radical (unpaired) electrons. The Labute approximate surface area is 75.3 Å². The average Bonchev–Trinajstić information content (AvgIpc) is 2.48. The van der Waals surface area contributed by atoms with Gasteiger partial charge in [0, 0.05) is 12.0 Å². The fourth-order valence-corrected chi connectivity index (χ4v) is 1.58. The molecule has 1 aliphatic carbocycles. The fraction of sp³-hybridized carbons (Fsp3) is 0.300. The molecule has 0 saturated carbocycles. The molecular formula is C10H9FO2. The minimum atomic E-state index is -0.827. The highest BCUT2D eigenvalue weighted by Crippen LogP contribution is 2.25. The van der Waals surface area contributed by atoms with Crippen LogP contribution in [0.5, 0.6) is 5.75 Å². The molecule has 0 fully saturated rings. The number of Topliss-reactive ketones (excluding diaryl/α,β-unsaturated/α-hetero) is 1. The van der Waals surface area contributed by atoms with Gasteiger partial charge in [0.25, 0.3) is 0 Å². The van der Waals surface area contributed by atoms with E-state index >= 15 is 0 Å². The molecule has 13 heavy (non-hydrogen) atoms. The maximum Gasteiger partial charge on any atom is 0.228 e. The summed E-state index contributed by atoms with van der Waals surface area (Å²) in [4.78, 5) is 11.2. The minimum absolute atomic E-state index is 0.168. The maximum absolute atomic E-state index is 11.8. The van der Waals surface area contributed by atoms with Crippen LogP contribution in [-0.2, 0) is 6.42 Å². The van der Waals surface area contributed by atoms with E-state index in [1.165, 1.54) is 0 Å². The molecular weight excluding hydrogens is 171 g/mol. The van der Waals surface area contributed by atoms with Crippen molar-refractivity contribution in [2.24, 2.45) is 0 Å². The zero-order valence-corrected chi connectivity index (χ0v) is 7.05. The first-order valence-electron chi connectivity index (χ1n) is 4.16. The third kappa shape index (κ3) is 1.41. The minimum Gasteiger partial charge on any atom is -0.463 e. The van der Waals surface area contributed by atoms with Crippen molar-refractivity contribution in [2.45, 2.75) is 12.8 Å². The second-order valence-corrected chi connectivity index (χ2v) is 3.00. The first-order valence-corrected chi connectivity index (χ1v) is 4.16. The summed E-state index contributed by atoms with van der Waals surface area (Å²) < 4.78 is 16.5. The molecule has 0 spiro atoms. The Kier molecular flexibility index (Phi) is 2.00. The highest BCUT2D eigenvalue weighted by Gasteiger charge is 2.19. The van der Waals surface area contributed by atoms with Crippen LogP contribution < -0.4 is 4.74 Å². The van der Waals surface area contributed by atoms with Crippen LogP contribution in [-0.4, -0.2) is 12.6 Å². The topological polar surface area (TPSA) is 26.3 Å². The van der Waals surface area contributed by atoms with Gasteiger partial charge in [0.15, 0.2) is 5.78 Å². The van der Waals surface area contributed by atoms with Crippen LogP contribution in [0.1, 0.15) is 22.3 Å². The molecule has 2 rings (SSSR count). The monoisotopic (exact) mass is 180 g/mol. The van der Waals surface area contributed by atoms with Crippen molar-refractivity contribution in [1.29, 1.82) is 0 Å². The molecule has 0 saturated heterocycles. The lowest BCUT2D eigenvalue weighted by molar-refractivity contribution is 0.0994. The molecule has 0 N–H and O–H groups in total. The Bertz CT molecular complexity index is 347. The van der Waals surface area contributed by atoms with E-state index in [0.717, 1.165) is 17.5 Å². The highest BCUT2D eigenvalue weighted by atomic mass is 19.1. The van der Waals surface area contributed by atoms with Crippen molar-refractivity contribution in [3.8, 4) is 5.75 Å². The molecule has 0 atom stereocenters. The predicted molar refractivity (Wildman–Crippen MR) is 45.7 cm³/mol. The molecule has 0 aliphatic heterocycles. The normalized spacial score (nSPS) is 14.4. The van der Waals surface area contributed by atoms with E-state index in [0.29, 0.717) is 12.2 Å². The number of benzene rings is 1. The van der Waals surface area contributed by atoms with Gasteiger partial charge in [-0.05, 0) is 30.2 Å². The maximum atomic E-state index is 11.8. The van der Waals surface area contributed by atoms with Gasteiger partial charge in [-0.1, -0.05) is 0 Å². The second kappa shape index (κ2) is 3.17. The van der Waals surface area contributed by atoms with Crippen LogP contribution in [0.25, 0.3) is 0 Å². The lowest BCUT2D eigenvalue weighted by atomic mass is 10.1. The number of fused-ring (bicyclic) bond motifs is 1. The zero-order valence-electron chi connectivity index (χ0n) is 7.05. The Morgan fingerprint density at radius 1 is 1.38 bits per heavy atom. The summed E-state index contributed by atoms with van der Waals surface area (Å²) in [5, 5.41) is 0. The molecule has 1 aromatic carbocycles. The second-order valence-electron chi connectivity index (χ2n) is 3.00. The molecule has 0 heterocycles. The number of ketones is 1. The standard InChI is InChI=1S/C10H9FO2/c11-6-13-8-2-3-9-7(5-8)1-4-10(9)12/h2-3,5H,1,4,6H2. The predicted octanol–water partition coefficient (Wildman–Crippen LogP) is 2.12. The van der Waals surface area contributed by atoms with E-state index in [2.05, 4.69) is 4.74 Å². The zero-order chi connectivity index (χ0) is 9.26. The summed E-state index contributed by atoms with van der Waals surface area (Å²) in [6.45, 7) is -0.827. The van der Waals surface area contributed by atoms with E-state index < -0.39 is 6.86 Å². The number of rotatable bonds is 2. The Hall–Kier alpha value is -1.38. The summed E-state index contributed by atoms with van der Waals surface area (Å²) in [6, 6.07) is 5.07. The Balaban J connectivity index is 2.34. The summed E-state index contributed by atoms with van der Waals surface area (Å²) >= 11 is 0. The Morgan fingerprint density at radius 2 is 2.23 bits per heavy atom. The quantitative estimate of drug-likeness (QED) is 0.696. The van der Waals surface area contributed by atoms with E-state index in [9.17, 15) is 9.18 Å². The molecule has 0 unspecified atom stereocenters. The van der Waals surface area contributed by atoms with Gasteiger partial charge in [-0.15, -0.1) is 0 Å². The number of ether oxygens (including phenoxy) is 1. The van der Waals surface area contributed by atoms with Crippen LogP contribution in [0.3, 0.4) is 0 Å². The molecule has 2 nitrogen and oxygen atoms in total. The number of alkyl halides is 1. The van der Waals surface area contributed by atoms with E-state index in [4.69, 9.17) is 0 Å². The number of hydrogen-bond donors (Lipinski definition) is 0. The third-order valence-corrected chi connectivity index (χ3v) is 2.22. The SMILES string of the molecule is O=C1CCc2cc(OCF)ccc21. The molecule has 0 aromatic heterocycles. The van der Waals surface area contributed by atoms with E-state index in [1.807, 2.05) is 0 Å². The molecule has 68 valence electrons. The molecule has 1 aliphatic rings. The largest absolute Gasteiger partial charge is 0.463 e. The number of carbonyl (C=O) groups is 1. The van der Waals surface area contributed by atoms with Crippen LogP contribution >= 0.6 is 0 Å². The molecule has 1 aromatic rings. The molecule has 3 heteroatoms. The van der Waals surface area contributed by atoms with Crippen molar-refractivity contribution in [3.63, 3.8) is 0 Å². The van der Waals surface area contributed by atoms with Gasteiger partial charge in [0.2, 0.25) is 6.86 Å². The van der Waals surface area contributed by atoms with Crippen molar-refractivity contribution in [2.75, 3.05) is 6.86 Å². The van der Waals surface area contributed by atoms with Crippen LogP contribution in [0.4, 0.5) is 4.39 Å². The van der Waals surface area contributed by atoms with Crippen molar-refractivity contribution in [3.05, 3.63) is 29.3 Å². The van der Waals surface area contributed by atoms with Gasteiger partial charge in [0.1, 0.15) is 5.75 Å². The first-order chi connectivity index (χ1) is 6.31. The first kappa shape index (κ1) is 8.23. The summed E-state index contributed by atoms with van der Waals surface area (Å²) in [6.07, 6.45) is 1.31. The number of carbonyl (C=O) groups excluding carboxylic acids is 1. The molecule has 0 bridgehead atoms. The lowest BCUT2D eigenvalue weighted by Gasteiger charge is -2.02. The highest BCUT2D eigenvalue weighted by molar-refractivity contribution is 6.00. The van der Waals surface area contributed by atoms with Gasteiger partial charge >= 0.3 is 0 Å². The fourth-order valence-electron chi connectivity index (χ4n) is 1.58. The third-order valence-electron chi connectivity index (χ3n) is 2.22.